The molecule has 2 amide bonds. The molecule has 0 aliphatic carbocycles. The Hall–Kier alpha value is -1.30. The largest absolute Gasteiger partial charge is 0.480 e. The Labute approximate surface area is 113 Å². The van der Waals surface area contributed by atoms with Gasteiger partial charge in [0.25, 0.3) is 0 Å². The maximum Gasteiger partial charge on any atom is 0.326 e. The van der Waals surface area contributed by atoms with Crippen molar-refractivity contribution in [2.45, 2.75) is 45.8 Å². The van der Waals surface area contributed by atoms with E-state index in [1.54, 1.807) is 4.90 Å². The zero-order valence-electron chi connectivity index (χ0n) is 11.8. The van der Waals surface area contributed by atoms with Gasteiger partial charge in [0, 0.05) is 13.1 Å². The summed E-state index contributed by atoms with van der Waals surface area (Å²) in [6.07, 6.45) is 0.568. The van der Waals surface area contributed by atoms with Crippen LogP contribution in [0.25, 0.3) is 0 Å². The van der Waals surface area contributed by atoms with Gasteiger partial charge in [-0.2, -0.15) is 0 Å². The number of nitrogens with zero attached hydrogens (tertiary/aromatic N) is 1. The molecule has 0 saturated carbocycles. The topological polar surface area (TPSA) is 89.9 Å². The van der Waals surface area contributed by atoms with Crippen LogP contribution in [0.15, 0.2) is 0 Å². The average Bonchev–Trinajstić information content (AvgIpc) is 2.31. The SMILES string of the molecule is CC(C)CC(NC(=O)N1CCC(O)C(C)C1)C(=O)O. The molecule has 1 heterocycles. The summed E-state index contributed by atoms with van der Waals surface area (Å²) in [6, 6.07) is -1.21. The van der Waals surface area contributed by atoms with Gasteiger partial charge in [-0.05, 0) is 24.7 Å². The molecule has 0 bridgehead atoms. The standard InChI is InChI=1S/C13H24N2O4/c1-8(2)6-10(12(17)18)14-13(19)15-5-4-11(16)9(3)7-15/h8-11,16H,4-7H2,1-3H3,(H,14,19)(H,17,18). The van der Waals surface area contributed by atoms with Gasteiger partial charge in [0.05, 0.1) is 6.10 Å². The minimum Gasteiger partial charge on any atom is -0.480 e. The molecule has 0 aromatic carbocycles. The van der Waals surface area contributed by atoms with Gasteiger partial charge < -0.3 is 20.4 Å². The van der Waals surface area contributed by atoms with Crippen LogP contribution in [0, 0.1) is 11.8 Å². The van der Waals surface area contributed by atoms with E-state index in [-0.39, 0.29) is 24.0 Å². The number of rotatable bonds is 4. The Morgan fingerprint density at radius 1 is 1.42 bits per heavy atom. The average molecular weight is 272 g/mol. The minimum atomic E-state index is -1.01. The molecule has 3 N–H and O–H groups in total. The summed E-state index contributed by atoms with van der Waals surface area (Å²) in [5, 5.41) is 21.3. The molecule has 1 aliphatic heterocycles. The number of carboxylic acid groups (broad SMARTS) is 1. The third-order valence-corrected chi connectivity index (χ3v) is 3.45. The predicted molar refractivity (Wildman–Crippen MR) is 70.8 cm³/mol. The van der Waals surface area contributed by atoms with Gasteiger partial charge in [-0.1, -0.05) is 20.8 Å². The highest BCUT2D eigenvalue weighted by atomic mass is 16.4. The van der Waals surface area contributed by atoms with Gasteiger partial charge in [0.2, 0.25) is 0 Å². The van der Waals surface area contributed by atoms with Crippen molar-refractivity contribution in [3.63, 3.8) is 0 Å². The number of carboxylic acids is 1. The van der Waals surface area contributed by atoms with Crippen molar-refractivity contribution in [2.24, 2.45) is 11.8 Å². The number of carbonyl (C=O) groups excluding carboxylic acids is 1. The van der Waals surface area contributed by atoms with E-state index in [1.807, 2.05) is 20.8 Å². The van der Waals surface area contributed by atoms with Crippen molar-refractivity contribution < 1.29 is 19.8 Å². The van der Waals surface area contributed by atoms with E-state index in [0.29, 0.717) is 25.9 Å². The Bertz CT molecular complexity index is 333. The maximum atomic E-state index is 12.0. The van der Waals surface area contributed by atoms with Crippen molar-refractivity contribution in [2.75, 3.05) is 13.1 Å². The molecule has 3 atom stereocenters. The van der Waals surface area contributed by atoms with Crippen LogP contribution < -0.4 is 5.32 Å². The Balaban J connectivity index is 2.55. The number of aliphatic hydroxyl groups excluding tert-OH is 1. The first-order chi connectivity index (χ1) is 8.81. The molecule has 6 nitrogen and oxygen atoms in total. The Morgan fingerprint density at radius 2 is 2.05 bits per heavy atom. The van der Waals surface area contributed by atoms with Gasteiger partial charge in [-0.15, -0.1) is 0 Å². The van der Waals surface area contributed by atoms with E-state index in [0.717, 1.165) is 0 Å². The Kier molecular flexibility index (Phi) is 5.60. The molecule has 0 aromatic heterocycles. The van der Waals surface area contributed by atoms with E-state index in [9.17, 15) is 14.7 Å². The lowest BCUT2D eigenvalue weighted by atomic mass is 9.97. The van der Waals surface area contributed by atoms with Crippen LogP contribution in [0.4, 0.5) is 4.79 Å². The molecule has 0 spiro atoms. The molecule has 1 rings (SSSR count). The number of carbonyl (C=O) groups is 2. The molecule has 19 heavy (non-hydrogen) atoms. The third-order valence-electron chi connectivity index (χ3n) is 3.45. The molecular weight excluding hydrogens is 248 g/mol. The van der Waals surface area contributed by atoms with Crippen LogP contribution in [-0.4, -0.2) is 52.3 Å². The Morgan fingerprint density at radius 3 is 2.53 bits per heavy atom. The van der Waals surface area contributed by atoms with E-state index in [2.05, 4.69) is 5.32 Å². The molecule has 0 aromatic rings. The van der Waals surface area contributed by atoms with Crippen LogP contribution in [0.2, 0.25) is 0 Å². The summed E-state index contributed by atoms with van der Waals surface area (Å²) in [7, 11) is 0. The van der Waals surface area contributed by atoms with Gasteiger partial charge in [-0.25, -0.2) is 9.59 Å². The molecule has 6 heteroatoms. The summed E-state index contributed by atoms with van der Waals surface area (Å²) in [4.78, 5) is 24.7. The molecule has 1 fully saturated rings. The van der Waals surface area contributed by atoms with Crippen LogP contribution in [0.5, 0.6) is 0 Å². The van der Waals surface area contributed by atoms with Crippen LogP contribution >= 0.6 is 0 Å². The third kappa shape index (κ3) is 4.70. The number of nitrogens with one attached hydrogen (secondary N) is 1. The normalized spacial score (nSPS) is 25.2. The number of aliphatic hydroxyl groups is 1. The number of urea groups is 1. The first kappa shape index (κ1) is 15.8. The molecular formula is C13H24N2O4. The summed E-state index contributed by atoms with van der Waals surface area (Å²) in [5.41, 5.74) is 0. The van der Waals surface area contributed by atoms with Crippen molar-refractivity contribution in [1.29, 1.82) is 0 Å². The summed E-state index contributed by atoms with van der Waals surface area (Å²) in [6.45, 7) is 6.64. The molecule has 3 unspecified atom stereocenters. The highest BCUT2D eigenvalue weighted by Crippen LogP contribution is 2.16. The summed E-state index contributed by atoms with van der Waals surface area (Å²) >= 11 is 0. The number of hydrogen-bond donors (Lipinski definition) is 3. The van der Waals surface area contributed by atoms with Crippen molar-refractivity contribution in [3.8, 4) is 0 Å². The first-order valence-electron chi connectivity index (χ1n) is 6.77. The van der Waals surface area contributed by atoms with E-state index in [4.69, 9.17) is 5.11 Å². The van der Waals surface area contributed by atoms with Crippen LogP contribution in [0.3, 0.4) is 0 Å². The predicted octanol–water partition coefficient (Wildman–Crippen LogP) is 0.898. The number of aliphatic carboxylic acids is 1. The highest BCUT2D eigenvalue weighted by Gasteiger charge is 2.29. The molecule has 1 saturated heterocycles. The van der Waals surface area contributed by atoms with Gasteiger partial charge in [0.15, 0.2) is 0 Å². The number of hydrogen-bond acceptors (Lipinski definition) is 3. The highest BCUT2D eigenvalue weighted by molar-refractivity contribution is 5.82. The number of amides is 2. The zero-order chi connectivity index (χ0) is 14.6. The van der Waals surface area contributed by atoms with Gasteiger partial charge >= 0.3 is 12.0 Å². The van der Waals surface area contributed by atoms with Crippen molar-refractivity contribution in [3.05, 3.63) is 0 Å². The van der Waals surface area contributed by atoms with Crippen molar-refractivity contribution in [1.82, 2.24) is 10.2 Å². The first-order valence-corrected chi connectivity index (χ1v) is 6.77. The monoisotopic (exact) mass is 272 g/mol. The molecule has 1 aliphatic rings. The van der Waals surface area contributed by atoms with Crippen LogP contribution in [-0.2, 0) is 4.79 Å². The van der Waals surface area contributed by atoms with Crippen LogP contribution in [0.1, 0.15) is 33.6 Å². The van der Waals surface area contributed by atoms with Gasteiger partial charge in [-0.3, -0.25) is 0 Å². The second-order valence-electron chi connectivity index (χ2n) is 5.75. The maximum absolute atomic E-state index is 12.0. The molecule has 110 valence electrons. The second-order valence-corrected chi connectivity index (χ2v) is 5.75. The summed E-state index contributed by atoms with van der Waals surface area (Å²) < 4.78 is 0. The lowest BCUT2D eigenvalue weighted by Crippen LogP contribution is -2.53. The number of likely N-dealkylation sites (tertiary alicyclic amines) is 1. The molecule has 0 radical (unpaired) electrons. The quantitative estimate of drug-likeness (QED) is 0.709. The smallest absolute Gasteiger partial charge is 0.326 e. The van der Waals surface area contributed by atoms with E-state index >= 15 is 0 Å². The van der Waals surface area contributed by atoms with E-state index in [1.165, 1.54) is 0 Å². The second kappa shape index (κ2) is 6.75. The fourth-order valence-corrected chi connectivity index (χ4v) is 2.25. The van der Waals surface area contributed by atoms with Gasteiger partial charge in [0.1, 0.15) is 6.04 Å². The number of piperidine rings is 1. The van der Waals surface area contributed by atoms with E-state index < -0.39 is 12.0 Å². The lowest BCUT2D eigenvalue weighted by Gasteiger charge is -2.35. The fraction of sp³-hybridized carbons (Fsp3) is 0.846. The fourth-order valence-electron chi connectivity index (χ4n) is 2.25. The van der Waals surface area contributed by atoms with Crippen molar-refractivity contribution >= 4 is 12.0 Å². The minimum absolute atomic E-state index is 0.0212. The lowest BCUT2D eigenvalue weighted by molar-refractivity contribution is -0.139. The summed E-state index contributed by atoms with van der Waals surface area (Å²) in [5.74, 6) is -0.788. The zero-order valence-corrected chi connectivity index (χ0v) is 11.8.